The van der Waals surface area contributed by atoms with Crippen molar-refractivity contribution in [1.82, 2.24) is 9.21 Å². The van der Waals surface area contributed by atoms with Crippen molar-refractivity contribution in [2.24, 2.45) is 5.16 Å². The van der Waals surface area contributed by atoms with E-state index in [0.717, 1.165) is 16.7 Å². The molecule has 0 unspecified atom stereocenters. The Bertz CT molecular complexity index is 979. The van der Waals surface area contributed by atoms with Gasteiger partial charge in [-0.1, -0.05) is 47.1 Å². The van der Waals surface area contributed by atoms with Crippen molar-refractivity contribution in [1.29, 1.82) is 0 Å². The van der Waals surface area contributed by atoms with Gasteiger partial charge in [0.25, 0.3) is 5.91 Å². The van der Waals surface area contributed by atoms with Gasteiger partial charge in [0.2, 0.25) is 10.0 Å². The lowest BCUT2D eigenvalue weighted by Crippen LogP contribution is -2.51. The number of hydrogen-bond acceptors (Lipinski definition) is 5. The topological polar surface area (TPSA) is 79.3 Å². The van der Waals surface area contributed by atoms with Crippen molar-refractivity contribution >= 4 is 22.1 Å². The van der Waals surface area contributed by atoms with E-state index in [9.17, 15) is 13.2 Å². The summed E-state index contributed by atoms with van der Waals surface area (Å²) in [6.45, 7) is 4.88. The van der Waals surface area contributed by atoms with E-state index in [2.05, 4.69) is 5.16 Å². The lowest BCUT2D eigenvalue weighted by atomic mass is 10.1. The van der Waals surface area contributed by atoms with Gasteiger partial charge >= 0.3 is 0 Å². The standard InChI is InChI=1S/C21H25N3O4S/c1-17-7-9-20(10-8-17)29(26,27)24-13-11-23(12-14-24)21(25)16-28-22-15-19-6-4-3-5-18(19)2/h3-10,15H,11-14,16H2,1-2H3/b22-15-. The molecule has 0 spiro atoms. The number of nitrogens with zero attached hydrogens (tertiary/aromatic N) is 3. The fourth-order valence-corrected chi connectivity index (χ4v) is 4.47. The van der Waals surface area contributed by atoms with Crippen molar-refractivity contribution < 1.29 is 18.0 Å². The zero-order chi connectivity index (χ0) is 20.9. The van der Waals surface area contributed by atoms with Crippen molar-refractivity contribution in [2.45, 2.75) is 18.7 Å². The van der Waals surface area contributed by atoms with Crippen LogP contribution in [0.2, 0.25) is 0 Å². The first-order valence-corrected chi connectivity index (χ1v) is 10.9. The Morgan fingerprint density at radius 3 is 2.34 bits per heavy atom. The van der Waals surface area contributed by atoms with Crippen molar-refractivity contribution in [3.8, 4) is 0 Å². The summed E-state index contributed by atoms with van der Waals surface area (Å²) in [7, 11) is -3.54. The van der Waals surface area contributed by atoms with Crippen LogP contribution in [0.3, 0.4) is 0 Å². The first-order chi connectivity index (χ1) is 13.9. The molecule has 0 N–H and O–H groups in total. The van der Waals surface area contributed by atoms with Crippen molar-refractivity contribution in [3.05, 3.63) is 65.2 Å². The van der Waals surface area contributed by atoms with Crippen LogP contribution in [0.4, 0.5) is 0 Å². The van der Waals surface area contributed by atoms with Gasteiger partial charge in [0.05, 0.1) is 11.1 Å². The monoisotopic (exact) mass is 415 g/mol. The molecule has 0 aliphatic carbocycles. The molecule has 1 fully saturated rings. The summed E-state index contributed by atoms with van der Waals surface area (Å²) in [4.78, 5) is 19.3. The maximum atomic E-state index is 12.7. The molecule has 1 amide bonds. The third-order valence-electron chi connectivity index (χ3n) is 4.89. The third-order valence-corrected chi connectivity index (χ3v) is 6.81. The second kappa shape index (κ2) is 9.19. The third kappa shape index (κ3) is 5.21. The van der Waals surface area contributed by atoms with Gasteiger partial charge in [0.15, 0.2) is 6.61 Å². The molecule has 1 aliphatic heterocycles. The number of oxime groups is 1. The Morgan fingerprint density at radius 1 is 1.03 bits per heavy atom. The van der Waals surface area contributed by atoms with Gasteiger partial charge in [-0.05, 0) is 37.1 Å². The molecule has 1 aliphatic rings. The van der Waals surface area contributed by atoms with Gasteiger partial charge in [-0.25, -0.2) is 8.42 Å². The highest BCUT2D eigenvalue weighted by Crippen LogP contribution is 2.18. The highest BCUT2D eigenvalue weighted by Gasteiger charge is 2.30. The van der Waals surface area contributed by atoms with E-state index in [1.807, 2.05) is 38.1 Å². The summed E-state index contributed by atoms with van der Waals surface area (Å²) in [5.41, 5.74) is 3.00. The van der Waals surface area contributed by atoms with Crippen molar-refractivity contribution in [3.63, 3.8) is 0 Å². The molecular weight excluding hydrogens is 390 g/mol. The minimum Gasteiger partial charge on any atom is -0.386 e. The van der Waals surface area contributed by atoms with E-state index in [-0.39, 0.29) is 30.5 Å². The van der Waals surface area contributed by atoms with E-state index in [4.69, 9.17) is 4.84 Å². The Hall–Kier alpha value is -2.71. The Labute approximate surface area is 171 Å². The average Bonchev–Trinajstić information content (AvgIpc) is 2.72. The number of carbonyl (C=O) groups excluding carboxylic acids is 1. The number of piperazine rings is 1. The number of benzene rings is 2. The van der Waals surface area contributed by atoms with Crippen LogP contribution < -0.4 is 0 Å². The zero-order valence-corrected chi connectivity index (χ0v) is 17.4. The predicted octanol–water partition coefficient (Wildman–Crippen LogP) is 2.19. The second-order valence-electron chi connectivity index (χ2n) is 6.96. The summed E-state index contributed by atoms with van der Waals surface area (Å²) in [5, 5.41) is 3.86. The molecule has 1 heterocycles. The molecule has 2 aromatic carbocycles. The lowest BCUT2D eigenvalue weighted by molar-refractivity contribution is -0.137. The van der Waals surface area contributed by atoms with E-state index in [1.165, 1.54) is 4.31 Å². The normalized spacial score (nSPS) is 15.6. The Morgan fingerprint density at radius 2 is 1.69 bits per heavy atom. The number of hydrogen-bond donors (Lipinski definition) is 0. The van der Waals surface area contributed by atoms with Gasteiger partial charge in [-0.3, -0.25) is 4.79 Å². The zero-order valence-electron chi connectivity index (χ0n) is 16.6. The highest BCUT2D eigenvalue weighted by atomic mass is 32.2. The van der Waals surface area contributed by atoms with Gasteiger partial charge in [-0.15, -0.1) is 0 Å². The van der Waals surface area contributed by atoms with E-state index < -0.39 is 10.0 Å². The van der Waals surface area contributed by atoms with Crippen LogP contribution in [-0.2, 0) is 19.7 Å². The van der Waals surface area contributed by atoms with E-state index >= 15 is 0 Å². The molecular formula is C21H25N3O4S. The molecule has 8 heteroatoms. The lowest BCUT2D eigenvalue weighted by Gasteiger charge is -2.33. The average molecular weight is 416 g/mol. The number of sulfonamides is 1. The summed E-state index contributed by atoms with van der Waals surface area (Å²) in [6.07, 6.45) is 1.58. The summed E-state index contributed by atoms with van der Waals surface area (Å²) in [5.74, 6) is -0.209. The molecule has 7 nitrogen and oxygen atoms in total. The molecule has 2 aromatic rings. The summed E-state index contributed by atoms with van der Waals surface area (Å²) < 4.78 is 26.9. The summed E-state index contributed by atoms with van der Waals surface area (Å²) in [6, 6.07) is 14.5. The number of rotatable bonds is 6. The molecule has 3 rings (SSSR count). The van der Waals surface area contributed by atoms with Crippen LogP contribution >= 0.6 is 0 Å². The maximum absolute atomic E-state index is 12.7. The molecule has 154 valence electrons. The highest BCUT2D eigenvalue weighted by molar-refractivity contribution is 7.89. The molecule has 0 atom stereocenters. The fraction of sp³-hybridized carbons (Fsp3) is 0.333. The number of aryl methyl sites for hydroxylation is 2. The number of amides is 1. The van der Waals surface area contributed by atoms with Crippen LogP contribution in [-0.4, -0.2) is 62.5 Å². The molecule has 29 heavy (non-hydrogen) atoms. The quantitative estimate of drug-likeness (QED) is 0.535. The molecule has 0 bridgehead atoms. The second-order valence-corrected chi connectivity index (χ2v) is 8.90. The Balaban J connectivity index is 1.49. The maximum Gasteiger partial charge on any atom is 0.263 e. The SMILES string of the molecule is Cc1ccc(S(=O)(=O)N2CCN(C(=O)CO/N=C\c3ccccc3C)CC2)cc1. The van der Waals surface area contributed by atoms with Gasteiger partial charge in [-0.2, -0.15) is 4.31 Å². The van der Waals surface area contributed by atoms with E-state index in [1.54, 1.807) is 35.4 Å². The van der Waals surface area contributed by atoms with Gasteiger partial charge in [0, 0.05) is 26.2 Å². The van der Waals surface area contributed by atoms with Crippen LogP contribution in [0.15, 0.2) is 58.6 Å². The van der Waals surface area contributed by atoms with E-state index in [0.29, 0.717) is 13.1 Å². The van der Waals surface area contributed by atoms with Gasteiger partial charge in [0.1, 0.15) is 0 Å². The largest absolute Gasteiger partial charge is 0.386 e. The molecule has 1 saturated heterocycles. The first-order valence-electron chi connectivity index (χ1n) is 9.43. The van der Waals surface area contributed by atoms with Crippen molar-refractivity contribution in [2.75, 3.05) is 32.8 Å². The van der Waals surface area contributed by atoms with Crippen LogP contribution in [0.1, 0.15) is 16.7 Å². The predicted molar refractivity (Wildman–Crippen MR) is 111 cm³/mol. The smallest absolute Gasteiger partial charge is 0.263 e. The first kappa shape index (κ1) is 21.0. The molecule has 0 radical (unpaired) electrons. The number of carbonyl (C=O) groups is 1. The summed E-state index contributed by atoms with van der Waals surface area (Å²) >= 11 is 0. The van der Waals surface area contributed by atoms with Gasteiger partial charge < -0.3 is 9.74 Å². The molecule has 0 saturated carbocycles. The minimum absolute atomic E-state index is 0.174. The minimum atomic E-state index is -3.54. The van der Waals surface area contributed by atoms with Crippen LogP contribution in [0.5, 0.6) is 0 Å². The molecule has 0 aromatic heterocycles. The van der Waals surface area contributed by atoms with Crippen LogP contribution in [0.25, 0.3) is 0 Å². The van der Waals surface area contributed by atoms with Crippen LogP contribution in [0, 0.1) is 13.8 Å². The fourth-order valence-electron chi connectivity index (χ4n) is 3.05. The Kier molecular flexibility index (Phi) is 6.66.